The van der Waals surface area contributed by atoms with E-state index in [1.165, 1.54) is 0 Å². The van der Waals surface area contributed by atoms with Crippen molar-refractivity contribution in [3.8, 4) is 5.75 Å². The predicted octanol–water partition coefficient (Wildman–Crippen LogP) is 1.52. The number of nitrogens with one attached hydrogen (secondary N) is 2. The molecule has 0 aliphatic heterocycles. The van der Waals surface area contributed by atoms with Crippen LogP contribution in [0.3, 0.4) is 0 Å². The Morgan fingerprint density at radius 3 is 2.52 bits per heavy atom. The lowest BCUT2D eigenvalue weighted by Gasteiger charge is -2.10. The van der Waals surface area contributed by atoms with Gasteiger partial charge in [0.2, 0.25) is 11.8 Å². The van der Waals surface area contributed by atoms with E-state index >= 15 is 0 Å². The fourth-order valence-electron chi connectivity index (χ4n) is 1.93. The molecule has 0 atom stereocenters. The van der Waals surface area contributed by atoms with Gasteiger partial charge in [0.05, 0.1) is 13.7 Å². The number of rotatable bonds is 8. The lowest BCUT2D eigenvalue weighted by molar-refractivity contribution is -0.126. The number of hydrogen-bond acceptors (Lipinski definition) is 3. The molecule has 21 heavy (non-hydrogen) atoms. The molecule has 0 saturated heterocycles. The zero-order valence-corrected chi connectivity index (χ0v) is 12.9. The highest BCUT2D eigenvalue weighted by Gasteiger charge is 2.07. The molecule has 0 aliphatic rings. The average molecular weight is 292 g/mol. The first kappa shape index (κ1) is 17.0. The first-order valence-corrected chi connectivity index (χ1v) is 7.18. The third-order valence-corrected chi connectivity index (χ3v) is 2.95. The lowest BCUT2D eigenvalue weighted by atomic mass is 10.1. The molecule has 0 radical (unpaired) electrons. The highest BCUT2D eigenvalue weighted by molar-refractivity contribution is 5.84. The summed E-state index contributed by atoms with van der Waals surface area (Å²) in [6.45, 7) is 4.47. The SMILES string of the molecule is COc1ccccc1CCNC(=O)CNC(=O)CC(C)C. The van der Waals surface area contributed by atoms with Crippen molar-refractivity contribution in [2.75, 3.05) is 20.2 Å². The predicted molar refractivity (Wildman–Crippen MR) is 82.2 cm³/mol. The van der Waals surface area contributed by atoms with Gasteiger partial charge in [-0.3, -0.25) is 9.59 Å². The van der Waals surface area contributed by atoms with Crippen LogP contribution in [0.4, 0.5) is 0 Å². The van der Waals surface area contributed by atoms with Gasteiger partial charge in [-0.15, -0.1) is 0 Å². The van der Waals surface area contributed by atoms with Crippen molar-refractivity contribution in [1.29, 1.82) is 0 Å². The van der Waals surface area contributed by atoms with E-state index in [9.17, 15) is 9.59 Å². The van der Waals surface area contributed by atoms with Crippen LogP contribution >= 0.6 is 0 Å². The van der Waals surface area contributed by atoms with Gasteiger partial charge < -0.3 is 15.4 Å². The molecular weight excluding hydrogens is 268 g/mol. The second-order valence-corrected chi connectivity index (χ2v) is 5.29. The minimum Gasteiger partial charge on any atom is -0.496 e. The van der Waals surface area contributed by atoms with Gasteiger partial charge >= 0.3 is 0 Å². The quantitative estimate of drug-likeness (QED) is 0.763. The van der Waals surface area contributed by atoms with E-state index in [1.54, 1.807) is 7.11 Å². The first-order valence-electron chi connectivity index (χ1n) is 7.18. The summed E-state index contributed by atoms with van der Waals surface area (Å²) in [7, 11) is 1.63. The van der Waals surface area contributed by atoms with Gasteiger partial charge in [-0.25, -0.2) is 0 Å². The maximum Gasteiger partial charge on any atom is 0.239 e. The fourth-order valence-corrected chi connectivity index (χ4v) is 1.93. The van der Waals surface area contributed by atoms with E-state index in [-0.39, 0.29) is 18.4 Å². The maximum atomic E-state index is 11.6. The summed E-state index contributed by atoms with van der Waals surface area (Å²) in [4.78, 5) is 23.0. The Kier molecular flexibility index (Phi) is 7.29. The standard InChI is InChI=1S/C16H24N2O3/c1-12(2)10-15(19)18-11-16(20)17-9-8-13-6-4-5-7-14(13)21-3/h4-7,12H,8-11H2,1-3H3,(H,17,20)(H,18,19). The summed E-state index contributed by atoms with van der Waals surface area (Å²) in [5.74, 6) is 0.836. The summed E-state index contributed by atoms with van der Waals surface area (Å²) in [5.41, 5.74) is 1.05. The van der Waals surface area contributed by atoms with E-state index in [0.29, 0.717) is 25.3 Å². The van der Waals surface area contributed by atoms with Gasteiger partial charge in [0.15, 0.2) is 0 Å². The molecule has 0 bridgehead atoms. The molecule has 1 aromatic rings. The summed E-state index contributed by atoms with van der Waals surface area (Å²) >= 11 is 0. The van der Waals surface area contributed by atoms with Crippen LogP contribution in [0.15, 0.2) is 24.3 Å². The van der Waals surface area contributed by atoms with E-state index < -0.39 is 0 Å². The molecule has 5 nitrogen and oxygen atoms in total. The molecule has 0 saturated carbocycles. The van der Waals surface area contributed by atoms with Crippen LogP contribution < -0.4 is 15.4 Å². The topological polar surface area (TPSA) is 67.4 Å². The third kappa shape index (κ3) is 6.79. The average Bonchev–Trinajstić information content (AvgIpc) is 2.45. The Bertz CT molecular complexity index is 472. The lowest BCUT2D eigenvalue weighted by Crippen LogP contribution is -2.38. The monoisotopic (exact) mass is 292 g/mol. The molecule has 0 fully saturated rings. The van der Waals surface area contributed by atoms with Crippen LogP contribution in [0.1, 0.15) is 25.8 Å². The molecule has 0 aromatic heterocycles. The molecule has 1 aromatic carbocycles. The number of hydrogen-bond donors (Lipinski definition) is 2. The van der Waals surface area contributed by atoms with Crippen molar-refractivity contribution in [3.05, 3.63) is 29.8 Å². The van der Waals surface area contributed by atoms with Crippen molar-refractivity contribution in [1.82, 2.24) is 10.6 Å². The summed E-state index contributed by atoms with van der Waals surface area (Å²) < 4.78 is 5.25. The van der Waals surface area contributed by atoms with E-state index in [4.69, 9.17) is 4.74 Å². The molecule has 2 amide bonds. The molecule has 0 aliphatic carbocycles. The number of carbonyl (C=O) groups excluding carboxylic acids is 2. The van der Waals surface area contributed by atoms with Crippen LogP contribution in [0.2, 0.25) is 0 Å². The minimum atomic E-state index is -0.179. The van der Waals surface area contributed by atoms with Crippen LogP contribution in [-0.4, -0.2) is 32.0 Å². The number of amides is 2. The molecule has 0 unspecified atom stereocenters. The normalized spacial score (nSPS) is 10.3. The van der Waals surface area contributed by atoms with Crippen molar-refractivity contribution in [2.45, 2.75) is 26.7 Å². The largest absolute Gasteiger partial charge is 0.496 e. The Morgan fingerprint density at radius 1 is 1.14 bits per heavy atom. The van der Waals surface area contributed by atoms with Gasteiger partial charge in [0.1, 0.15) is 5.75 Å². The Hall–Kier alpha value is -2.04. The second kappa shape index (κ2) is 9.00. The molecule has 2 N–H and O–H groups in total. The van der Waals surface area contributed by atoms with E-state index in [0.717, 1.165) is 11.3 Å². The zero-order valence-electron chi connectivity index (χ0n) is 12.9. The van der Waals surface area contributed by atoms with Crippen LogP contribution in [0.25, 0.3) is 0 Å². The summed E-state index contributed by atoms with van der Waals surface area (Å²) in [6.07, 6.45) is 1.13. The molecule has 5 heteroatoms. The van der Waals surface area contributed by atoms with Crippen LogP contribution in [-0.2, 0) is 16.0 Å². The van der Waals surface area contributed by atoms with Crippen molar-refractivity contribution >= 4 is 11.8 Å². The van der Waals surface area contributed by atoms with Crippen LogP contribution in [0, 0.1) is 5.92 Å². The Labute approximate surface area is 126 Å². The molecule has 116 valence electrons. The smallest absolute Gasteiger partial charge is 0.239 e. The van der Waals surface area contributed by atoms with Gasteiger partial charge in [-0.1, -0.05) is 32.0 Å². The number of carbonyl (C=O) groups is 2. The van der Waals surface area contributed by atoms with Crippen molar-refractivity contribution in [3.63, 3.8) is 0 Å². The summed E-state index contributed by atoms with van der Waals surface area (Å²) in [6, 6.07) is 7.70. The second-order valence-electron chi connectivity index (χ2n) is 5.29. The third-order valence-electron chi connectivity index (χ3n) is 2.95. The van der Waals surface area contributed by atoms with Gasteiger partial charge in [0.25, 0.3) is 0 Å². The number of para-hydroxylation sites is 1. The van der Waals surface area contributed by atoms with Crippen molar-refractivity contribution in [2.24, 2.45) is 5.92 Å². The van der Waals surface area contributed by atoms with Gasteiger partial charge in [-0.05, 0) is 24.0 Å². The number of benzene rings is 1. The number of ether oxygens (including phenoxy) is 1. The van der Waals surface area contributed by atoms with Gasteiger partial charge in [-0.2, -0.15) is 0 Å². The Morgan fingerprint density at radius 2 is 1.86 bits per heavy atom. The number of methoxy groups -OCH3 is 1. The zero-order chi connectivity index (χ0) is 15.7. The molecular formula is C16H24N2O3. The molecule has 0 heterocycles. The molecule has 1 rings (SSSR count). The van der Waals surface area contributed by atoms with Crippen LogP contribution in [0.5, 0.6) is 5.75 Å². The summed E-state index contributed by atoms with van der Waals surface area (Å²) in [5, 5.41) is 5.39. The first-order chi connectivity index (χ1) is 10.0. The fraction of sp³-hybridized carbons (Fsp3) is 0.500. The van der Waals surface area contributed by atoms with E-state index in [2.05, 4.69) is 10.6 Å². The Balaban J connectivity index is 2.26. The highest BCUT2D eigenvalue weighted by Crippen LogP contribution is 2.17. The molecule has 0 spiro atoms. The highest BCUT2D eigenvalue weighted by atomic mass is 16.5. The van der Waals surface area contributed by atoms with Crippen molar-refractivity contribution < 1.29 is 14.3 Å². The van der Waals surface area contributed by atoms with Gasteiger partial charge in [0, 0.05) is 13.0 Å². The minimum absolute atomic E-state index is 0.0253. The van der Waals surface area contributed by atoms with E-state index in [1.807, 2.05) is 38.1 Å². The maximum absolute atomic E-state index is 11.6.